The molecule has 0 amide bonds. The van der Waals surface area contributed by atoms with Crippen LogP contribution in [0.3, 0.4) is 0 Å². The highest BCUT2D eigenvalue weighted by atomic mass is 32.2. The third-order valence-corrected chi connectivity index (χ3v) is 7.16. The maximum atomic E-state index is 13.0. The van der Waals surface area contributed by atoms with Crippen LogP contribution in [0.25, 0.3) is 11.1 Å². The van der Waals surface area contributed by atoms with E-state index in [4.69, 9.17) is 9.90 Å². The van der Waals surface area contributed by atoms with E-state index in [0.717, 1.165) is 41.0 Å². The maximum absolute atomic E-state index is 13.0. The SMILES string of the molecule is O=C(O)C(CCNS(=O)(=O)c1ccc(F)cc1)C(O)CCc1ccc(-c2ccccc2)cc1.O=C(O)C(F)(F)F. The van der Waals surface area contributed by atoms with Gasteiger partial charge in [-0.2, -0.15) is 13.2 Å². The molecule has 4 N–H and O–H groups in total. The average Bonchev–Trinajstić information content (AvgIpc) is 2.90. The first-order valence-electron chi connectivity index (χ1n) is 11.8. The Hall–Kier alpha value is -3.81. The van der Waals surface area contributed by atoms with Gasteiger partial charge in [0.2, 0.25) is 10.0 Å². The smallest absolute Gasteiger partial charge is 0.481 e. The van der Waals surface area contributed by atoms with Gasteiger partial charge in [-0.3, -0.25) is 4.79 Å². The number of aryl methyl sites for hydroxylation is 1. The molecule has 0 saturated heterocycles. The molecule has 8 nitrogen and oxygen atoms in total. The van der Waals surface area contributed by atoms with Crippen molar-refractivity contribution in [2.45, 2.75) is 36.4 Å². The number of aliphatic hydroxyl groups excluding tert-OH is 1. The van der Waals surface area contributed by atoms with Crippen LogP contribution in [0, 0.1) is 11.7 Å². The molecule has 0 aromatic heterocycles. The minimum absolute atomic E-state index is 0.0795. The van der Waals surface area contributed by atoms with Crippen molar-refractivity contribution in [1.29, 1.82) is 0 Å². The van der Waals surface area contributed by atoms with Crippen LogP contribution in [0.15, 0.2) is 83.8 Å². The zero-order valence-corrected chi connectivity index (χ0v) is 21.7. The summed E-state index contributed by atoms with van der Waals surface area (Å²) in [6.45, 7) is -0.167. The lowest BCUT2D eigenvalue weighted by Gasteiger charge is -2.19. The Morgan fingerprint density at radius 3 is 1.85 bits per heavy atom. The first-order valence-corrected chi connectivity index (χ1v) is 13.3. The molecule has 0 spiro atoms. The van der Waals surface area contributed by atoms with Crippen LogP contribution in [0.1, 0.15) is 18.4 Å². The van der Waals surface area contributed by atoms with E-state index >= 15 is 0 Å². The molecule has 13 heteroatoms. The van der Waals surface area contributed by atoms with E-state index in [0.29, 0.717) is 6.42 Å². The van der Waals surface area contributed by atoms with Gasteiger partial charge in [-0.1, -0.05) is 54.6 Å². The van der Waals surface area contributed by atoms with Crippen LogP contribution in [0.5, 0.6) is 0 Å². The summed E-state index contributed by atoms with van der Waals surface area (Å²) in [5, 5.41) is 27.1. The summed E-state index contributed by atoms with van der Waals surface area (Å²) in [7, 11) is -3.90. The minimum atomic E-state index is -5.08. The molecule has 216 valence electrons. The molecule has 3 aromatic carbocycles. The number of aliphatic carboxylic acids is 2. The Balaban J connectivity index is 0.000000708. The van der Waals surface area contributed by atoms with E-state index in [2.05, 4.69) is 4.72 Å². The Morgan fingerprint density at radius 1 is 0.825 bits per heavy atom. The molecule has 2 unspecified atom stereocenters. The fourth-order valence-corrected chi connectivity index (χ4v) is 4.58. The summed E-state index contributed by atoms with van der Waals surface area (Å²) in [5.41, 5.74) is 3.13. The van der Waals surface area contributed by atoms with Crippen molar-refractivity contribution in [1.82, 2.24) is 4.72 Å². The summed E-state index contributed by atoms with van der Waals surface area (Å²) >= 11 is 0. The molecule has 0 saturated carbocycles. The minimum Gasteiger partial charge on any atom is -0.481 e. The summed E-state index contributed by atoms with van der Waals surface area (Å²) in [5.74, 6) is -5.63. The second-order valence-corrected chi connectivity index (χ2v) is 10.3. The highest BCUT2D eigenvalue weighted by Crippen LogP contribution is 2.21. The second-order valence-electron chi connectivity index (χ2n) is 8.56. The molecule has 0 bridgehead atoms. The lowest BCUT2D eigenvalue weighted by Crippen LogP contribution is -2.33. The Bertz CT molecular complexity index is 1350. The quantitative estimate of drug-likeness (QED) is 0.243. The molecular weight excluding hydrogens is 558 g/mol. The van der Waals surface area contributed by atoms with Crippen molar-refractivity contribution in [3.63, 3.8) is 0 Å². The second kappa shape index (κ2) is 14.5. The number of hydrogen-bond donors (Lipinski definition) is 4. The van der Waals surface area contributed by atoms with E-state index in [1.165, 1.54) is 0 Å². The number of carboxylic acids is 2. The summed E-state index contributed by atoms with van der Waals surface area (Å²) in [6, 6.07) is 22.1. The monoisotopic (exact) mass is 585 g/mol. The highest BCUT2D eigenvalue weighted by Gasteiger charge is 2.38. The van der Waals surface area contributed by atoms with E-state index in [9.17, 15) is 41.0 Å². The summed E-state index contributed by atoms with van der Waals surface area (Å²) in [4.78, 5) is 20.4. The third-order valence-electron chi connectivity index (χ3n) is 5.69. The first-order chi connectivity index (χ1) is 18.7. The van der Waals surface area contributed by atoms with Crippen molar-refractivity contribution < 1.29 is 50.9 Å². The van der Waals surface area contributed by atoms with Crippen LogP contribution >= 0.6 is 0 Å². The van der Waals surface area contributed by atoms with E-state index in [1.54, 1.807) is 0 Å². The van der Waals surface area contributed by atoms with Crippen LogP contribution in [0.4, 0.5) is 17.6 Å². The largest absolute Gasteiger partial charge is 0.490 e. The summed E-state index contributed by atoms with van der Waals surface area (Å²) in [6.07, 6.45) is -5.58. The number of halogens is 4. The molecule has 0 radical (unpaired) electrons. The average molecular weight is 586 g/mol. The number of carbonyl (C=O) groups is 2. The molecule has 0 fully saturated rings. The predicted molar refractivity (Wildman–Crippen MR) is 137 cm³/mol. The number of benzene rings is 3. The molecule has 2 atom stereocenters. The van der Waals surface area contributed by atoms with Crippen LogP contribution in [0.2, 0.25) is 0 Å². The fraction of sp³-hybridized carbons (Fsp3) is 0.259. The Kier molecular flexibility index (Phi) is 11.8. The number of carboxylic acid groups (broad SMARTS) is 2. The lowest BCUT2D eigenvalue weighted by molar-refractivity contribution is -0.192. The topological polar surface area (TPSA) is 141 Å². The number of hydrogen-bond acceptors (Lipinski definition) is 5. The highest BCUT2D eigenvalue weighted by molar-refractivity contribution is 7.89. The number of rotatable bonds is 11. The Labute approximate surface area is 228 Å². The standard InChI is InChI=1S/C25H26FNO5S.C2HF3O2/c26-21-11-13-22(14-12-21)33(31,32)27-17-16-23(25(29)30)24(28)15-8-18-6-9-20(10-7-18)19-4-2-1-3-5-19;3-2(4,5)1(6)7/h1-7,9-14,23-24,27-28H,8,15-17H2,(H,29,30);(H,6,7). The maximum Gasteiger partial charge on any atom is 0.490 e. The molecule has 3 aromatic rings. The Morgan fingerprint density at radius 2 is 1.35 bits per heavy atom. The zero-order chi connectivity index (χ0) is 29.9. The number of alkyl halides is 3. The van der Waals surface area contributed by atoms with Gasteiger partial charge >= 0.3 is 18.1 Å². The molecule has 0 aliphatic rings. The zero-order valence-electron chi connectivity index (χ0n) is 20.9. The van der Waals surface area contributed by atoms with Gasteiger partial charge in [-0.05, 0) is 60.2 Å². The number of sulfonamides is 1. The molecule has 0 heterocycles. The van der Waals surface area contributed by atoms with E-state index in [1.807, 2.05) is 54.6 Å². The van der Waals surface area contributed by atoms with E-state index < -0.39 is 46.0 Å². The van der Waals surface area contributed by atoms with Gasteiger partial charge in [-0.25, -0.2) is 22.3 Å². The van der Waals surface area contributed by atoms with E-state index in [-0.39, 0.29) is 24.3 Å². The van der Waals surface area contributed by atoms with Gasteiger partial charge in [0, 0.05) is 6.54 Å². The van der Waals surface area contributed by atoms with Crippen LogP contribution in [-0.4, -0.2) is 54.5 Å². The first kappa shape index (κ1) is 32.4. The molecule has 0 aliphatic carbocycles. The molecule has 3 rings (SSSR count). The molecule has 0 aliphatic heterocycles. The van der Waals surface area contributed by atoms with Gasteiger partial charge in [-0.15, -0.1) is 0 Å². The number of aliphatic hydroxyl groups is 1. The summed E-state index contributed by atoms with van der Waals surface area (Å²) < 4.78 is 71.6. The fourth-order valence-electron chi connectivity index (χ4n) is 3.54. The van der Waals surface area contributed by atoms with Gasteiger partial charge in [0.25, 0.3) is 0 Å². The normalized spacial score (nSPS) is 13.0. The predicted octanol–water partition coefficient (Wildman–Crippen LogP) is 4.49. The van der Waals surface area contributed by atoms with Crippen molar-refractivity contribution in [2.75, 3.05) is 6.54 Å². The van der Waals surface area contributed by atoms with Gasteiger partial charge in [0.15, 0.2) is 0 Å². The van der Waals surface area contributed by atoms with Crippen molar-refractivity contribution >= 4 is 22.0 Å². The molecule has 40 heavy (non-hydrogen) atoms. The number of nitrogens with one attached hydrogen (secondary N) is 1. The van der Waals surface area contributed by atoms with Gasteiger partial charge in [0.1, 0.15) is 5.82 Å². The van der Waals surface area contributed by atoms with Gasteiger partial charge < -0.3 is 15.3 Å². The van der Waals surface area contributed by atoms with Crippen molar-refractivity contribution in [3.05, 3.63) is 90.2 Å². The molecular formula is C27H27F4NO7S. The third kappa shape index (κ3) is 10.4. The van der Waals surface area contributed by atoms with Crippen molar-refractivity contribution in [2.24, 2.45) is 5.92 Å². The van der Waals surface area contributed by atoms with Crippen molar-refractivity contribution in [3.8, 4) is 11.1 Å². The lowest BCUT2D eigenvalue weighted by atomic mass is 9.93. The van der Waals surface area contributed by atoms with Crippen LogP contribution in [-0.2, 0) is 26.0 Å². The van der Waals surface area contributed by atoms with Gasteiger partial charge in [0.05, 0.1) is 16.9 Å². The van der Waals surface area contributed by atoms with Crippen LogP contribution < -0.4 is 4.72 Å².